The summed E-state index contributed by atoms with van der Waals surface area (Å²) < 4.78 is 5.20. The van der Waals surface area contributed by atoms with Crippen LogP contribution < -0.4 is 0 Å². The van der Waals surface area contributed by atoms with Gasteiger partial charge in [0.25, 0.3) is 0 Å². The standard InChI is InChI=1S/C12H12NO/c1(4-12-5-2-10-14-12)3-11-6-8-13-9-7-11/h2,4-10H,1,3H2. The Balaban J connectivity index is 1.79. The van der Waals surface area contributed by atoms with E-state index in [0.29, 0.717) is 0 Å². The predicted molar refractivity (Wildman–Crippen MR) is 54.7 cm³/mol. The topological polar surface area (TPSA) is 26.0 Å². The fourth-order valence-corrected chi connectivity index (χ4v) is 1.34. The Morgan fingerprint density at radius 3 is 2.79 bits per heavy atom. The van der Waals surface area contributed by atoms with Gasteiger partial charge in [0.05, 0.1) is 6.26 Å². The van der Waals surface area contributed by atoms with E-state index < -0.39 is 0 Å². The quantitative estimate of drug-likeness (QED) is 0.733. The molecule has 0 saturated carbocycles. The van der Waals surface area contributed by atoms with Crippen LogP contribution in [0.15, 0.2) is 47.3 Å². The first-order valence-corrected chi connectivity index (χ1v) is 4.71. The smallest absolute Gasteiger partial charge is 0.107 e. The molecule has 2 rings (SSSR count). The van der Waals surface area contributed by atoms with E-state index in [1.54, 1.807) is 6.26 Å². The molecule has 0 amide bonds. The second-order valence-corrected chi connectivity index (χ2v) is 3.11. The molecular weight excluding hydrogens is 174 g/mol. The van der Waals surface area contributed by atoms with Gasteiger partial charge in [0, 0.05) is 18.8 Å². The first-order valence-electron chi connectivity index (χ1n) is 4.71. The van der Waals surface area contributed by atoms with Crippen molar-refractivity contribution in [2.24, 2.45) is 0 Å². The molecule has 0 atom stereocenters. The molecule has 0 N–H and O–H groups in total. The summed E-state index contributed by atoms with van der Waals surface area (Å²) in [5, 5.41) is 0. The lowest BCUT2D eigenvalue weighted by Gasteiger charge is -1.98. The Bertz CT molecular complexity index is 353. The number of furan rings is 1. The van der Waals surface area contributed by atoms with Gasteiger partial charge in [0.15, 0.2) is 0 Å². The van der Waals surface area contributed by atoms with Crippen molar-refractivity contribution in [2.75, 3.05) is 0 Å². The molecule has 0 saturated heterocycles. The average molecular weight is 186 g/mol. The largest absolute Gasteiger partial charge is 0.469 e. The van der Waals surface area contributed by atoms with Gasteiger partial charge in [-0.1, -0.05) is 0 Å². The summed E-state index contributed by atoms with van der Waals surface area (Å²) in [5.74, 6) is 0.944. The van der Waals surface area contributed by atoms with Crippen LogP contribution in [0.1, 0.15) is 17.7 Å². The molecule has 0 fully saturated rings. The minimum atomic E-state index is 0.944. The Kier molecular flexibility index (Phi) is 2.96. The first kappa shape index (κ1) is 9.00. The average Bonchev–Trinajstić information content (AvgIpc) is 2.72. The van der Waals surface area contributed by atoms with Gasteiger partial charge in [-0.3, -0.25) is 4.98 Å². The van der Waals surface area contributed by atoms with Gasteiger partial charge in [-0.15, -0.1) is 0 Å². The number of nitrogens with zero attached hydrogens (tertiary/aromatic N) is 1. The van der Waals surface area contributed by atoms with Crippen LogP contribution in [0, 0.1) is 6.42 Å². The summed E-state index contributed by atoms with van der Waals surface area (Å²) >= 11 is 0. The van der Waals surface area contributed by atoms with E-state index in [2.05, 4.69) is 11.4 Å². The lowest BCUT2D eigenvalue weighted by molar-refractivity contribution is 0.535. The molecular formula is C12H12NO. The number of aryl methyl sites for hydroxylation is 1. The Hall–Kier alpha value is -1.57. The zero-order valence-corrected chi connectivity index (χ0v) is 7.89. The maximum absolute atomic E-state index is 5.20. The van der Waals surface area contributed by atoms with Crippen molar-refractivity contribution in [3.63, 3.8) is 0 Å². The van der Waals surface area contributed by atoms with Crippen molar-refractivity contribution in [3.05, 3.63) is 60.7 Å². The van der Waals surface area contributed by atoms with E-state index in [9.17, 15) is 0 Å². The second-order valence-electron chi connectivity index (χ2n) is 3.11. The Labute approximate surface area is 83.6 Å². The summed E-state index contributed by atoms with van der Waals surface area (Å²) in [4.78, 5) is 3.97. The molecule has 0 unspecified atom stereocenters. The van der Waals surface area contributed by atoms with Crippen LogP contribution in [-0.4, -0.2) is 4.98 Å². The SMILES string of the molecule is [CH](CCc1ccncc1)c1ccco1. The van der Waals surface area contributed by atoms with Crippen LogP contribution in [0.5, 0.6) is 0 Å². The van der Waals surface area contributed by atoms with Crippen molar-refractivity contribution in [1.82, 2.24) is 4.98 Å². The van der Waals surface area contributed by atoms with Crippen LogP contribution in [-0.2, 0) is 6.42 Å². The van der Waals surface area contributed by atoms with Crippen molar-refractivity contribution in [1.29, 1.82) is 0 Å². The van der Waals surface area contributed by atoms with Crippen molar-refractivity contribution in [3.8, 4) is 0 Å². The third kappa shape index (κ3) is 2.46. The summed E-state index contributed by atoms with van der Waals surface area (Å²) in [6.07, 6.45) is 9.46. The van der Waals surface area contributed by atoms with Crippen molar-refractivity contribution < 1.29 is 4.42 Å². The fraction of sp³-hybridized carbons (Fsp3) is 0.167. The monoisotopic (exact) mass is 186 g/mol. The molecule has 2 heteroatoms. The van der Waals surface area contributed by atoms with Crippen LogP contribution in [0.25, 0.3) is 0 Å². The Morgan fingerprint density at radius 2 is 2.07 bits per heavy atom. The van der Waals surface area contributed by atoms with Gasteiger partial charge in [-0.2, -0.15) is 0 Å². The van der Waals surface area contributed by atoms with Crippen LogP contribution >= 0.6 is 0 Å². The van der Waals surface area contributed by atoms with Gasteiger partial charge in [-0.05, 0) is 42.7 Å². The highest BCUT2D eigenvalue weighted by atomic mass is 16.3. The molecule has 0 bridgehead atoms. The molecule has 0 aromatic carbocycles. The molecule has 2 nitrogen and oxygen atoms in total. The predicted octanol–water partition coefficient (Wildman–Crippen LogP) is 2.86. The van der Waals surface area contributed by atoms with Gasteiger partial charge < -0.3 is 4.42 Å². The van der Waals surface area contributed by atoms with Gasteiger partial charge >= 0.3 is 0 Å². The molecule has 0 aliphatic rings. The second kappa shape index (κ2) is 4.61. The van der Waals surface area contributed by atoms with E-state index in [4.69, 9.17) is 4.42 Å². The summed E-state index contributed by atoms with van der Waals surface area (Å²) in [7, 11) is 0. The molecule has 14 heavy (non-hydrogen) atoms. The van der Waals surface area contributed by atoms with Crippen molar-refractivity contribution in [2.45, 2.75) is 12.8 Å². The van der Waals surface area contributed by atoms with Crippen LogP contribution in [0.2, 0.25) is 0 Å². The molecule has 2 aromatic heterocycles. The van der Waals surface area contributed by atoms with Crippen molar-refractivity contribution >= 4 is 0 Å². The summed E-state index contributed by atoms with van der Waals surface area (Å²) in [5.41, 5.74) is 1.31. The number of aromatic nitrogens is 1. The summed E-state index contributed by atoms with van der Waals surface area (Å²) in [6, 6.07) is 7.94. The minimum absolute atomic E-state index is 0.944. The molecule has 0 spiro atoms. The number of rotatable bonds is 4. The molecule has 0 aliphatic heterocycles. The fourth-order valence-electron chi connectivity index (χ4n) is 1.34. The lowest BCUT2D eigenvalue weighted by atomic mass is 10.1. The zero-order chi connectivity index (χ0) is 9.64. The number of hydrogen-bond donors (Lipinski definition) is 0. The van der Waals surface area contributed by atoms with Gasteiger partial charge in [-0.25, -0.2) is 0 Å². The highest BCUT2D eigenvalue weighted by Gasteiger charge is 1.96. The highest BCUT2D eigenvalue weighted by molar-refractivity contribution is 5.13. The van der Waals surface area contributed by atoms with E-state index in [1.807, 2.05) is 36.7 Å². The van der Waals surface area contributed by atoms with E-state index in [1.165, 1.54) is 5.56 Å². The van der Waals surface area contributed by atoms with E-state index in [-0.39, 0.29) is 0 Å². The Morgan fingerprint density at radius 1 is 1.21 bits per heavy atom. The minimum Gasteiger partial charge on any atom is -0.469 e. The maximum atomic E-state index is 5.20. The molecule has 1 radical (unpaired) electrons. The van der Waals surface area contributed by atoms with Gasteiger partial charge in [0.2, 0.25) is 0 Å². The molecule has 2 aromatic rings. The van der Waals surface area contributed by atoms with E-state index in [0.717, 1.165) is 18.6 Å². The third-order valence-electron chi connectivity index (χ3n) is 2.07. The third-order valence-corrected chi connectivity index (χ3v) is 2.07. The molecule has 0 aliphatic carbocycles. The lowest BCUT2D eigenvalue weighted by Crippen LogP contribution is -1.86. The highest BCUT2D eigenvalue weighted by Crippen LogP contribution is 2.09. The first-order chi connectivity index (χ1) is 6.95. The number of pyridine rings is 1. The molecule has 2 heterocycles. The normalized spacial score (nSPS) is 10.3. The number of hydrogen-bond acceptors (Lipinski definition) is 2. The van der Waals surface area contributed by atoms with Crippen LogP contribution in [0.3, 0.4) is 0 Å². The summed E-state index contributed by atoms with van der Waals surface area (Å²) in [6.45, 7) is 0. The zero-order valence-electron chi connectivity index (χ0n) is 7.89. The van der Waals surface area contributed by atoms with E-state index >= 15 is 0 Å². The van der Waals surface area contributed by atoms with Gasteiger partial charge in [0.1, 0.15) is 5.76 Å². The molecule has 71 valence electrons. The maximum Gasteiger partial charge on any atom is 0.107 e. The van der Waals surface area contributed by atoms with Crippen LogP contribution in [0.4, 0.5) is 0 Å².